The second-order valence-electron chi connectivity index (χ2n) is 2.43. The molecular weight excluding hydrogens is 174 g/mol. The largest absolute Gasteiger partial charge is 0.505 e. The third-order valence-corrected chi connectivity index (χ3v) is 1.59. The van der Waals surface area contributed by atoms with Crippen LogP contribution >= 0.6 is 0 Å². The lowest BCUT2D eigenvalue weighted by Gasteiger charge is -1.96. The van der Waals surface area contributed by atoms with Crippen molar-refractivity contribution in [1.82, 2.24) is 15.0 Å². The van der Waals surface area contributed by atoms with Crippen LogP contribution in [0.2, 0.25) is 0 Å². The summed E-state index contributed by atoms with van der Waals surface area (Å²) in [5.74, 6) is -1.65. The number of fused-ring (bicyclic) bond motifs is 1. The predicted octanol–water partition coefficient (Wildman–Crippen LogP) is 0.362. The highest BCUT2D eigenvalue weighted by Gasteiger charge is 2.13. The summed E-state index contributed by atoms with van der Waals surface area (Å²) in [7, 11) is 0. The first-order chi connectivity index (χ1) is 6.18. The van der Waals surface area contributed by atoms with Crippen molar-refractivity contribution in [3.63, 3.8) is 0 Å². The average Bonchev–Trinajstić information content (AvgIpc) is 2.48. The zero-order chi connectivity index (χ0) is 9.42. The number of aromatic nitrogens is 3. The summed E-state index contributed by atoms with van der Waals surface area (Å²) >= 11 is 0. The van der Waals surface area contributed by atoms with E-state index in [1.54, 1.807) is 0 Å². The molecule has 0 aliphatic heterocycles. The number of aromatic carboxylic acids is 1. The minimum atomic E-state index is -1.28. The van der Waals surface area contributed by atoms with E-state index >= 15 is 0 Å². The molecule has 0 fully saturated rings. The smallest absolute Gasteiger partial charge is 0.358 e. The molecular formula is C7H5N3O3. The van der Waals surface area contributed by atoms with Crippen LogP contribution in [0, 0.1) is 0 Å². The minimum absolute atomic E-state index is 0.273. The molecule has 0 bridgehead atoms. The Balaban J connectivity index is 2.76. The highest BCUT2D eigenvalue weighted by Crippen LogP contribution is 2.18. The highest BCUT2D eigenvalue weighted by molar-refractivity contribution is 5.91. The zero-order valence-electron chi connectivity index (χ0n) is 6.35. The third-order valence-electron chi connectivity index (χ3n) is 1.59. The van der Waals surface area contributed by atoms with E-state index in [0.717, 1.165) is 0 Å². The monoisotopic (exact) mass is 179 g/mol. The number of pyridine rings is 1. The van der Waals surface area contributed by atoms with Crippen LogP contribution in [0.25, 0.3) is 11.2 Å². The zero-order valence-corrected chi connectivity index (χ0v) is 6.35. The van der Waals surface area contributed by atoms with Crippen molar-refractivity contribution in [3.8, 4) is 5.75 Å². The van der Waals surface area contributed by atoms with Crippen molar-refractivity contribution >= 4 is 17.1 Å². The van der Waals surface area contributed by atoms with Crippen LogP contribution in [0.4, 0.5) is 0 Å². The van der Waals surface area contributed by atoms with Gasteiger partial charge >= 0.3 is 5.97 Å². The van der Waals surface area contributed by atoms with Gasteiger partial charge in [-0.3, -0.25) is 0 Å². The van der Waals surface area contributed by atoms with E-state index in [9.17, 15) is 9.90 Å². The Labute approximate surface area is 71.9 Å². The number of aromatic hydroxyl groups is 1. The van der Waals surface area contributed by atoms with Crippen molar-refractivity contribution in [2.45, 2.75) is 0 Å². The first-order valence-electron chi connectivity index (χ1n) is 3.45. The number of H-pyrrole nitrogens is 1. The van der Waals surface area contributed by atoms with Gasteiger partial charge in [0, 0.05) is 6.07 Å². The first-order valence-corrected chi connectivity index (χ1v) is 3.45. The number of nitrogens with one attached hydrogen (secondary N) is 1. The van der Waals surface area contributed by atoms with Crippen molar-refractivity contribution in [1.29, 1.82) is 0 Å². The van der Waals surface area contributed by atoms with E-state index < -0.39 is 5.97 Å². The maximum atomic E-state index is 10.5. The summed E-state index contributed by atoms with van der Waals surface area (Å²) in [5, 5.41) is 17.8. The molecule has 0 amide bonds. The van der Waals surface area contributed by atoms with Crippen LogP contribution in [-0.2, 0) is 0 Å². The molecule has 3 N–H and O–H groups in total. The normalized spacial score (nSPS) is 10.5. The lowest BCUT2D eigenvalue weighted by molar-refractivity contribution is 0.0687. The van der Waals surface area contributed by atoms with Gasteiger partial charge < -0.3 is 15.2 Å². The summed E-state index contributed by atoms with van der Waals surface area (Å²) in [6.45, 7) is 0. The highest BCUT2D eigenvalue weighted by atomic mass is 16.4. The van der Waals surface area contributed by atoms with E-state index in [0.29, 0.717) is 5.52 Å². The number of imidazole rings is 1. The number of rotatable bonds is 1. The third kappa shape index (κ3) is 1.08. The van der Waals surface area contributed by atoms with Gasteiger partial charge in [0.05, 0.1) is 11.8 Å². The van der Waals surface area contributed by atoms with Gasteiger partial charge in [-0.25, -0.2) is 14.8 Å². The Bertz CT molecular complexity index is 477. The number of nitrogens with zero attached hydrogens (tertiary/aromatic N) is 2. The van der Waals surface area contributed by atoms with E-state index in [1.165, 1.54) is 12.4 Å². The summed E-state index contributed by atoms with van der Waals surface area (Å²) in [6, 6.07) is 1.28. The summed E-state index contributed by atoms with van der Waals surface area (Å²) < 4.78 is 0. The van der Waals surface area contributed by atoms with Crippen LogP contribution in [0.5, 0.6) is 5.75 Å². The minimum Gasteiger partial charge on any atom is -0.505 e. The molecule has 2 heterocycles. The number of hydrogen-bond acceptors (Lipinski definition) is 4. The van der Waals surface area contributed by atoms with Crippen molar-refractivity contribution in [3.05, 3.63) is 18.1 Å². The lowest BCUT2D eigenvalue weighted by atomic mass is 10.3. The van der Waals surface area contributed by atoms with Gasteiger partial charge in [-0.15, -0.1) is 0 Å². The topological polar surface area (TPSA) is 99.1 Å². The van der Waals surface area contributed by atoms with Crippen LogP contribution < -0.4 is 0 Å². The first kappa shape index (κ1) is 7.53. The maximum Gasteiger partial charge on any atom is 0.358 e. The van der Waals surface area contributed by atoms with Crippen molar-refractivity contribution in [2.75, 3.05) is 0 Å². The fraction of sp³-hybridized carbons (Fsp3) is 0. The fourth-order valence-corrected chi connectivity index (χ4v) is 1.02. The molecule has 0 spiro atoms. The standard InChI is InChI=1S/C7H5N3O3/c11-4-1-3-6(9-2-8-3)10-5(4)7(12)13/h1-2,11H,(H,12,13)(H,8,9,10). The molecule has 2 rings (SSSR count). The molecule has 0 unspecified atom stereocenters. The van der Waals surface area contributed by atoms with E-state index in [-0.39, 0.29) is 17.1 Å². The maximum absolute atomic E-state index is 10.5. The summed E-state index contributed by atoms with van der Waals surface area (Å²) in [5.41, 5.74) is 0.386. The van der Waals surface area contributed by atoms with Gasteiger partial charge in [-0.05, 0) is 0 Å². The van der Waals surface area contributed by atoms with Gasteiger partial charge in [0.25, 0.3) is 0 Å². The Morgan fingerprint density at radius 2 is 2.31 bits per heavy atom. The van der Waals surface area contributed by atoms with Crippen molar-refractivity contribution in [2.24, 2.45) is 0 Å². The van der Waals surface area contributed by atoms with Gasteiger partial charge in [0.1, 0.15) is 0 Å². The number of carboxylic acid groups (broad SMARTS) is 1. The van der Waals surface area contributed by atoms with Crippen LogP contribution in [0.1, 0.15) is 10.5 Å². The van der Waals surface area contributed by atoms with E-state index in [2.05, 4.69) is 15.0 Å². The molecule has 0 aliphatic carbocycles. The number of hydrogen-bond donors (Lipinski definition) is 3. The second kappa shape index (κ2) is 2.44. The number of carboxylic acids is 1. The molecule has 0 radical (unpaired) electrons. The molecule has 0 atom stereocenters. The Morgan fingerprint density at radius 3 is 3.00 bits per heavy atom. The van der Waals surface area contributed by atoms with Gasteiger partial charge in [0.15, 0.2) is 17.1 Å². The average molecular weight is 179 g/mol. The lowest BCUT2D eigenvalue weighted by Crippen LogP contribution is -2.00. The molecule has 0 aromatic carbocycles. The Kier molecular flexibility index (Phi) is 1.42. The quantitative estimate of drug-likeness (QED) is 0.587. The molecule has 6 nitrogen and oxygen atoms in total. The second-order valence-corrected chi connectivity index (χ2v) is 2.43. The molecule has 6 heteroatoms. The van der Waals surface area contributed by atoms with Crippen LogP contribution in [0.15, 0.2) is 12.4 Å². The van der Waals surface area contributed by atoms with Gasteiger partial charge in [-0.2, -0.15) is 0 Å². The van der Waals surface area contributed by atoms with Crippen LogP contribution in [0.3, 0.4) is 0 Å². The summed E-state index contributed by atoms with van der Waals surface area (Å²) in [6.07, 6.45) is 1.38. The molecule has 66 valence electrons. The molecule has 2 aromatic heterocycles. The SMILES string of the molecule is O=C(O)c1nc2nc[nH]c2cc1O. The molecule has 0 saturated carbocycles. The number of carbonyl (C=O) groups is 1. The Morgan fingerprint density at radius 1 is 1.54 bits per heavy atom. The molecule has 2 aromatic rings. The Hall–Kier alpha value is -2.11. The fourth-order valence-electron chi connectivity index (χ4n) is 1.02. The molecule has 0 aliphatic rings. The number of aromatic amines is 1. The van der Waals surface area contributed by atoms with E-state index in [1.807, 2.05) is 0 Å². The molecule has 0 saturated heterocycles. The van der Waals surface area contributed by atoms with Gasteiger partial charge in [-0.1, -0.05) is 0 Å². The van der Waals surface area contributed by atoms with E-state index in [4.69, 9.17) is 5.11 Å². The predicted molar refractivity (Wildman–Crippen MR) is 42.5 cm³/mol. The molecule has 13 heavy (non-hydrogen) atoms. The summed E-state index contributed by atoms with van der Waals surface area (Å²) in [4.78, 5) is 20.6. The van der Waals surface area contributed by atoms with Crippen LogP contribution in [-0.4, -0.2) is 31.1 Å². The van der Waals surface area contributed by atoms with Gasteiger partial charge in [0.2, 0.25) is 0 Å². The van der Waals surface area contributed by atoms with Crippen molar-refractivity contribution < 1.29 is 15.0 Å².